The Morgan fingerprint density at radius 1 is 1.07 bits per heavy atom. The minimum absolute atomic E-state index is 0.142. The molecule has 5 nitrogen and oxygen atoms in total. The quantitative estimate of drug-likeness (QED) is 0.546. The lowest BCUT2D eigenvalue weighted by atomic mass is 10.1. The molecule has 5 heteroatoms. The van der Waals surface area contributed by atoms with Crippen LogP contribution < -0.4 is 4.74 Å². The Morgan fingerprint density at radius 3 is 2.37 bits per heavy atom. The molecule has 142 valence electrons. The maximum absolute atomic E-state index is 12.4. The number of esters is 1. The Morgan fingerprint density at radius 2 is 1.74 bits per heavy atom. The average molecular weight is 368 g/mol. The van der Waals surface area contributed by atoms with Gasteiger partial charge in [0.25, 0.3) is 0 Å². The van der Waals surface area contributed by atoms with E-state index >= 15 is 0 Å². The SMILES string of the molecule is Cc1ccc(C(=O)[C@@H](C)OC(=O)c2ccc(OC[C@H]3CCCO3)cc2)cc1. The number of aryl methyl sites for hydroxylation is 1. The molecular formula is C22H24O5. The van der Waals surface area contributed by atoms with Crippen molar-refractivity contribution in [2.24, 2.45) is 0 Å². The Kier molecular flexibility index (Phi) is 6.24. The Balaban J connectivity index is 1.53. The molecule has 1 aliphatic rings. The van der Waals surface area contributed by atoms with E-state index in [1.54, 1.807) is 43.3 Å². The summed E-state index contributed by atoms with van der Waals surface area (Å²) in [4.78, 5) is 24.7. The maximum atomic E-state index is 12.4. The van der Waals surface area contributed by atoms with Crippen LogP contribution in [0.3, 0.4) is 0 Å². The summed E-state index contributed by atoms with van der Waals surface area (Å²) in [6.07, 6.45) is 1.37. The summed E-state index contributed by atoms with van der Waals surface area (Å²) in [5.41, 5.74) is 1.97. The Hall–Kier alpha value is -2.66. The van der Waals surface area contributed by atoms with Gasteiger partial charge in [0.05, 0.1) is 11.7 Å². The summed E-state index contributed by atoms with van der Waals surface area (Å²) in [6, 6.07) is 13.9. The van der Waals surface area contributed by atoms with Crippen molar-refractivity contribution in [2.45, 2.75) is 38.9 Å². The van der Waals surface area contributed by atoms with Crippen molar-refractivity contribution >= 4 is 11.8 Å². The second kappa shape index (κ2) is 8.82. The number of rotatable bonds is 7. The molecule has 2 aromatic carbocycles. The average Bonchev–Trinajstić information content (AvgIpc) is 3.20. The van der Waals surface area contributed by atoms with E-state index in [4.69, 9.17) is 14.2 Å². The standard InChI is InChI=1S/C22H24O5/c1-15-5-7-17(8-6-15)21(23)16(2)27-22(24)18-9-11-19(12-10-18)26-14-20-4-3-13-25-20/h5-12,16,20H,3-4,13-14H2,1-2H3/t16-,20-/m1/s1. The number of ether oxygens (including phenoxy) is 3. The summed E-state index contributed by atoms with van der Waals surface area (Å²) < 4.78 is 16.5. The van der Waals surface area contributed by atoms with Crippen LogP contribution in [0, 0.1) is 6.92 Å². The van der Waals surface area contributed by atoms with Gasteiger partial charge in [0, 0.05) is 12.2 Å². The van der Waals surface area contributed by atoms with Gasteiger partial charge in [-0.15, -0.1) is 0 Å². The van der Waals surface area contributed by atoms with E-state index in [2.05, 4.69) is 0 Å². The number of hydrogen-bond donors (Lipinski definition) is 0. The topological polar surface area (TPSA) is 61.8 Å². The number of benzene rings is 2. The molecule has 0 aliphatic carbocycles. The number of ketones is 1. The van der Waals surface area contributed by atoms with Gasteiger partial charge in [-0.05, 0) is 51.0 Å². The van der Waals surface area contributed by atoms with Crippen molar-refractivity contribution in [3.8, 4) is 5.75 Å². The van der Waals surface area contributed by atoms with Crippen molar-refractivity contribution in [1.29, 1.82) is 0 Å². The fourth-order valence-electron chi connectivity index (χ4n) is 2.89. The number of hydrogen-bond acceptors (Lipinski definition) is 5. The molecule has 0 radical (unpaired) electrons. The third kappa shape index (κ3) is 5.17. The van der Waals surface area contributed by atoms with E-state index < -0.39 is 12.1 Å². The van der Waals surface area contributed by atoms with Crippen LogP contribution in [0.4, 0.5) is 0 Å². The lowest BCUT2D eigenvalue weighted by molar-refractivity contribution is 0.0318. The van der Waals surface area contributed by atoms with Crippen LogP contribution in [0.2, 0.25) is 0 Å². The second-order valence-corrected chi connectivity index (χ2v) is 6.75. The van der Waals surface area contributed by atoms with Crippen molar-refractivity contribution in [2.75, 3.05) is 13.2 Å². The van der Waals surface area contributed by atoms with E-state index in [9.17, 15) is 9.59 Å². The predicted octanol–water partition coefficient (Wildman–Crippen LogP) is 3.98. The van der Waals surface area contributed by atoms with Gasteiger partial charge in [0.2, 0.25) is 5.78 Å². The van der Waals surface area contributed by atoms with Gasteiger partial charge in [-0.25, -0.2) is 4.79 Å². The summed E-state index contributed by atoms with van der Waals surface area (Å²) >= 11 is 0. The van der Waals surface area contributed by atoms with Crippen molar-refractivity contribution in [1.82, 2.24) is 0 Å². The molecule has 0 bridgehead atoms. The number of carbonyl (C=O) groups excluding carboxylic acids is 2. The van der Waals surface area contributed by atoms with Crippen molar-refractivity contribution in [3.63, 3.8) is 0 Å². The van der Waals surface area contributed by atoms with Crippen LogP contribution >= 0.6 is 0 Å². The fraction of sp³-hybridized carbons (Fsp3) is 0.364. The van der Waals surface area contributed by atoms with Gasteiger partial charge < -0.3 is 14.2 Å². The van der Waals surface area contributed by atoms with Crippen LogP contribution in [0.5, 0.6) is 5.75 Å². The first-order chi connectivity index (χ1) is 13.0. The smallest absolute Gasteiger partial charge is 0.338 e. The van der Waals surface area contributed by atoms with Crippen LogP contribution in [-0.2, 0) is 9.47 Å². The molecule has 1 heterocycles. The highest BCUT2D eigenvalue weighted by Crippen LogP contribution is 2.18. The van der Waals surface area contributed by atoms with E-state index in [0.717, 1.165) is 25.0 Å². The minimum atomic E-state index is -0.851. The molecule has 2 atom stereocenters. The summed E-state index contributed by atoms with van der Waals surface area (Å²) in [5, 5.41) is 0. The third-order valence-corrected chi connectivity index (χ3v) is 4.54. The third-order valence-electron chi connectivity index (χ3n) is 4.54. The lowest BCUT2D eigenvalue weighted by Gasteiger charge is -2.13. The molecule has 0 unspecified atom stereocenters. The van der Waals surface area contributed by atoms with E-state index in [0.29, 0.717) is 23.5 Å². The second-order valence-electron chi connectivity index (χ2n) is 6.75. The predicted molar refractivity (Wildman–Crippen MR) is 101 cm³/mol. The molecule has 1 fully saturated rings. The first-order valence-corrected chi connectivity index (χ1v) is 9.19. The highest BCUT2D eigenvalue weighted by Gasteiger charge is 2.20. The van der Waals surface area contributed by atoms with E-state index in [1.807, 2.05) is 19.1 Å². The zero-order valence-corrected chi connectivity index (χ0v) is 15.6. The maximum Gasteiger partial charge on any atom is 0.338 e. The zero-order chi connectivity index (χ0) is 19.2. The molecule has 1 saturated heterocycles. The molecule has 27 heavy (non-hydrogen) atoms. The first kappa shape index (κ1) is 19.1. The van der Waals surface area contributed by atoms with Gasteiger partial charge in [-0.3, -0.25) is 4.79 Å². The summed E-state index contributed by atoms with van der Waals surface area (Å²) in [7, 11) is 0. The van der Waals surface area contributed by atoms with Gasteiger partial charge >= 0.3 is 5.97 Å². The highest BCUT2D eigenvalue weighted by molar-refractivity contribution is 6.01. The van der Waals surface area contributed by atoms with E-state index in [-0.39, 0.29) is 11.9 Å². The van der Waals surface area contributed by atoms with Gasteiger partial charge in [0.15, 0.2) is 6.10 Å². The van der Waals surface area contributed by atoms with Gasteiger partial charge in [-0.2, -0.15) is 0 Å². The Labute approximate surface area is 159 Å². The van der Waals surface area contributed by atoms with Crippen molar-refractivity contribution < 1.29 is 23.8 Å². The zero-order valence-electron chi connectivity index (χ0n) is 15.6. The molecule has 3 rings (SSSR count). The molecule has 0 spiro atoms. The van der Waals surface area contributed by atoms with Gasteiger partial charge in [-0.1, -0.05) is 29.8 Å². The molecule has 0 saturated carbocycles. The first-order valence-electron chi connectivity index (χ1n) is 9.19. The van der Waals surface area contributed by atoms with Crippen LogP contribution in [0.1, 0.15) is 46.0 Å². The number of Topliss-reactive ketones (excluding diaryl/α,β-unsaturated/α-hetero) is 1. The largest absolute Gasteiger partial charge is 0.491 e. The molecule has 2 aromatic rings. The molecule has 1 aliphatic heterocycles. The van der Waals surface area contributed by atoms with Crippen LogP contribution in [0.25, 0.3) is 0 Å². The van der Waals surface area contributed by atoms with Crippen molar-refractivity contribution in [3.05, 3.63) is 65.2 Å². The highest BCUT2D eigenvalue weighted by atomic mass is 16.5. The minimum Gasteiger partial charge on any atom is -0.491 e. The lowest BCUT2D eigenvalue weighted by Crippen LogP contribution is -2.24. The fourth-order valence-corrected chi connectivity index (χ4v) is 2.89. The van der Waals surface area contributed by atoms with E-state index in [1.165, 1.54) is 0 Å². The molecule has 0 aromatic heterocycles. The van der Waals surface area contributed by atoms with Crippen LogP contribution in [0.15, 0.2) is 48.5 Å². The molecule has 0 amide bonds. The normalized spacial score (nSPS) is 17.3. The Bertz CT molecular complexity index is 773. The summed E-state index contributed by atoms with van der Waals surface area (Å²) in [5.74, 6) is -0.0839. The number of carbonyl (C=O) groups is 2. The monoisotopic (exact) mass is 368 g/mol. The molecule has 0 N–H and O–H groups in total. The summed E-state index contributed by atoms with van der Waals surface area (Å²) in [6.45, 7) is 4.83. The molecular weight excluding hydrogens is 344 g/mol. The van der Waals surface area contributed by atoms with Gasteiger partial charge in [0.1, 0.15) is 12.4 Å². The van der Waals surface area contributed by atoms with Crippen LogP contribution in [-0.4, -0.2) is 37.2 Å².